The van der Waals surface area contributed by atoms with Crippen molar-refractivity contribution in [2.75, 3.05) is 0 Å². The fourth-order valence-corrected chi connectivity index (χ4v) is 2.06. The van der Waals surface area contributed by atoms with Crippen molar-refractivity contribution in [1.82, 2.24) is 10.6 Å². The molecule has 1 radical (unpaired) electrons. The van der Waals surface area contributed by atoms with Gasteiger partial charge in [0.15, 0.2) is 0 Å². The topological polar surface area (TPSA) is 41.1 Å². The lowest BCUT2D eigenvalue weighted by Crippen LogP contribution is -2.31. The van der Waals surface area contributed by atoms with Crippen LogP contribution < -0.4 is 10.6 Å². The van der Waals surface area contributed by atoms with Crippen LogP contribution in [-0.2, 0) is 0 Å². The van der Waals surface area contributed by atoms with Crippen molar-refractivity contribution in [2.24, 2.45) is 0 Å². The summed E-state index contributed by atoms with van der Waals surface area (Å²) in [5.41, 5.74) is 2.25. The van der Waals surface area contributed by atoms with Gasteiger partial charge in [0.1, 0.15) is 0 Å². The molecule has 1 fully saturated rings. The number of amides is 2. The van der Waals surface area contributed by atoms with E-state index in [0.29, 0.717) is 0 Å². The highest BCUT2D eigenvalue weighted by Crippen LogP contribution is 2.22. The Kier molecular flexibility index (Phi) is 2.03. The van der Waals surface area contributed by atoms with Crippen LogP contribution in [0.1, 0.15) is 5.56 Å². The number of hydrogen-bond donors (Lipinski definition) is 2. The third kappa shape index (κ3) is 1.50. The van der Waals surface area contributed by atoms with Crippen molar-refractivity contribution < 1.29 is 4.79 Å². The summed E-state index contributed by atoms with van der Waals surface area (Å²) in [6.45, 7) is 0. The minimum absolute atomic E-state index is 0.0627. The van der Waals surface area contributed by atoms with Crippen LogP contribution in [0.25, 0.3) is 5.57 Å². The predicted molar refractivity (Wildman–Crippen MR) is 61.6 cm³/mol. The third-order valence-corrected chi connectivity index (χ3v) is 2.87. The van der Waals surface area contributed by atoms with Crippen molar-refractivity contribution in [1.29, 1.82) is 0 Å². The van der Waals surface area contributed by atoms with Gasteiger partial charge in [-0.05, 0) is 23.3 Å². The highest BCUT2D eigenvalue weighted by Gasteiger charge is 2.30. The lowest BCUT2D eigenvalue weighted by molar-refractivity contribution is 0.247. The molecule has 3 nitrogen and oxygen atoms in total. The van der Waals surface area contributed by atoms with Crippen LogP contribution in [0.2, 0.25) is 0 Å². The molecule has 2 unspecified atom stereocenters. The Morgan fingerprint density at radius 1 is 1.25 bits per heavy atom. The minimum Gasteiger partial charge on any atom is -0.330 e. The Balaban J connectivity index is 1.92. The summed E-state index contributed by atoms with van der Waals surface area (Å²) in [6, 6.07) is 10.9. The van der Waals surface area contributed by atoms with Gasteiger partial charge in [-0.2, -0.15) is 0 Å². The lowest BCUT2D eigenvalue weighted by Gasteiger charge is -2.17. The predicted octanol–water partition coefficient (Wildman–Crippen LogP) is 1.49. The van der Waals surface area contributed by atoms with E-state index < -0.39 is 0 Å². The van der Waals surface area contributed by atoms with Crippen LogP contribution in [0.3, 0.4) is 0 Å². The molecule has 1 aromatic carbocycles. The number of hydrogen-bond acceptors (Lipinski definition) is 1. The fraction of sp³-hybridized carbons (Fsp3) is 0.154. The van der Waals surface area contributed by atoms with Crippen LogP contribution in [0.5, 0.6) is 0 Å². The molecule has 1 aliphatic carbocycles. The molecule has 16 heavy (non-hydrogen) atoms. The molecule has 0 spiro atoms. The zero-order chi connectivity index (χ0) is 11.0. The van der Waals surface area contributed by atoms with Gasteiger partial charge in [0.2, 0.25) is 0 Å². The molecular weight excluding hydrogens is 200 g/mol. The van der Waals surface area contributed by atoms with Crippen molar-refractivity contribution in [2.45, 2.75) is 12.1 Å². The second kappa shape index (κ2) is 3.52. The van der Waals surface area contributed by atoms with E-state index in [4.69, 9.17) is 0 Å². The number of nitrogens with one attached hydrogen (secondary N) is 2. The lowest BCUT2D eigenvalue weighted by atomic mass is 9.95. The van der Waals surface area contributed by atoms with Crippen LogP contribution in [0.4, 0.5) is 4.79 Å². The summed E-state index contributed by atoms with van der Waals surface area (Å²) in [4.78, 5) is 11.2. The van der Waals surface area contributed by atoms with Crippen LogP contribution in [0.15, 0.2) is 42.5 Å². The molecule has 2 amide bonds. The second-order valence-corrected chi connectivity index (χ2v) is 3.94. The molecular formula is C13H11N2O. The summed E-state index contributed by atoms with van der Waals surface area (Å²) < 4.78 is 0. The van der Waals surface area contributed by atoms with Gasteiger partial charge in [-0.15, -0.1) is 0 Å². The van der Waals surface area contributed by atoms with E-state index in [-0.39, 0.29) is 18.1 Å². The average Bonchev–Trinajstić information content (AvgIpc) is 2.69. The quantitative estimate of drug-likeness (QED) is 0.726. The van der Waals surface area contributed by atoms with Crippen molar-refractivity contribution >= 4 is 11.6 Å². The molecule has 1 heterocycles. The molecule has 1 aromatic rings. The Labute approximate surface area is 93.9 Å². The number of carbonyl (C=O) groups excluding carboxylic acids is 1. The van der Waals surface area contributed by atoms with Crippen molar-refractivity contribution in [3.63, 3.8) is 0 Å². The van der Waals surface area contributed by atoms with E-state index in [0.717, 1.165) is 11.1 Å². The maximum absolute atomic E-state index is 11.2. The third-order valence-electron chi connectivity index (χ3n) is 2.87. The molecule has 0 aromatic heterocycles. The SMILES string of the molecule is O=C1NC2C=CC(c3c[c]ccc3)=CC2N1. The molecule has 0 saturated carbocycles. The largest absolute Gasteiger partial charge is 0.330 e. The van der Waals surface area contributed by atoms with Crippen LogP contribution >= 0.6 is 0 Å². The maximum atomic E-state index is 11.2. The number of urea groups is 1. The smallest absolute Gasteiger partial charge is 0.315 e. The molecule has 1 saturated heterocycles. The summed E-state index contributed by atoms with van der Waals surface area (Å²) >= 11 is 0. The molecule has 3 heteroatoms. The zero-order valence-corrected chi connectivity index (χ0v) is 8.60. The van der Waals surface area contributed by atoms with Gasteiger partial charge in [-0.1, -0.05) is 36.4 Å². The minimum atomic E-state index is -0.100. The van der Waals surface area contributed by atoms with E-state index in [1.54, 1.807) is 0 Å². The molecule has 2 atom stereocenters. The highest BCUT2D eigenvalue weighted by molar-refractivity contribution is 5.82. The highest BCUT2D eigenvalue weighted by atomic mass is 16.2. The summed E-state index contributed by atoms with van der Waals surface area (Å²) in [7, 11) is 0. The van der Waals surface area contributed by atoms with E-state index in [1.165, 1.54) is 0 Å². The number of benzene rings is 1. The fourth-order valence-electron chi connectivity index (χ4n) is 2.06. The van der Waals surface area contributed by atoms with E-state index in [2.05, 4.69) is 22.8 Å². The second-order valence-electron chi connectivity index (χ2n) is 3.94. The van der Waals surface area contributed by atoms with Crippen molar-refractivity contribution in [3.8, 4) is 0 Å². The van der Waals surface area contributed by atoms with Crippen LogP contribution in [-0.4, -0.2) is 18.1 Å². The number of carbonyl (C=O) groups is 1. The maximum Gasteiger partial charge on any atom is 0.315 e. The molecule has 2 aliphatic rings. The van der Waals surface area contributed by atoms with Crippen molar-refractivity contribution in [3.05, 3.63) is 54.1 Å². The number of fused-ring (bicyclic) bond motifs is 1. The monoisotopic (exact) mass is 211 g/mol. The van der Waals surface area contributed by atoms with Gasteiger partial charge in [0.05, 0.1) is 12.1 Å². The van der Waals surface area contributed by atoms with Gasteiger partial charge < -0.3 is 10.6 Å². The van der Waals surface area contributed by atoms with Gasteiger partial charge in [0, 0.05) is 0 Å². The first-order valence-corrected chi connectivity index (χ1v) is 5.26. The summed E-state index contributed by atoms with van der Waals surface area (Å²) in [5, 5.41) is 5.71. The first-order chi connectivity index (χ1) is 7.83. The molecule has 0 bridgehead atoms. The Hall–Kier alpha value is -2.03. The molecule has 1 aliphatic heterocycles. The first-order valence-electron chi connectivity index (χ1n) is 5.26. The average molecular weight is 211 g/mol. The van der Waals surface area contributed by atoms with Gasteiger partial charge in [-0.3, -0.25) is 0 Å². The normalized spacial score (nSPS) is 26.8. The van der Waals surface area contributed by atoms with Gasteiger partial charge in [0.25, 0.3) is 0 Å². The summed E-state index contributed by atoms with van der Waals surface area (Å²) in [6.07, 6.45) is 6.13. The Bertz CT molecular complexity index is 476. The molecule has 3 rings (SSSR count). The zero-order valence-electron chi connectivity index (χ0n) is 8.60. The van der Waals surface area contributed by atoms with Gasteiger partial charge in [-0.25, -0.2) is 4.79 Å². The molecule has 79 valence electrons. The standard InChI is InChI=1S/C13H11N2O/c16-13-14-11-7-6-10(8-12(11)15-13)9-4-2-1-3-5-9/h1-2,4-8,11-12H,(H2,14,15,16). The van der Waals surface area contributed by atoms with E-state index in [1.807, 2.05) is 36.4 Å². The van der Waals surface area contributed by atoms with E-state index in [9.17, 15) is 4.79 Å². The summed E-state index contributed by atoms with van der Waals surface area (Å²) in [5.74, 6) is 0. The Morgan fingerprint density at radius 2 is 2.12 bits per heavy atom. The number of allylic oxidation sites excluding steroid dienone is 2. The number of rotatable bonds is 1. The molecule has 2 N–H and O–H groups in total. The van der Waals surface area contributed by atoms with Crippen LogP contribution in [0, 0.1) is 6.07 Å². The van der Waals surface area contributed by atoms with Gasteiger partial charge >= 0.3 is 6.03 Å². The Morgan fingerprint density at radius 3 is 2.94 bits per heavy atom. The first kappa shape index (κ1) is 9.21. The van der Waals surface area contributed by atoms with E-state index >= 15 is 0 Å².